The Morgan fingerprint density at radius 1 is 1.44 bits per heavy atom. The topological polar surface area (TPSA) is 30.5 Å². The second kappa shape index (κ2) is 5.08. The summed E-state index contributed by atoms with van der Waals surface area (Å²) < 4.78 is 11.1. The van der Waals surface area contributed by atoms with E-state index in [9.17, 15) is 0 Å². The highest BCUT2D eigenvalue weighted by atomic mass is 35.5. The summed E-state index contributed by atoms with van der Waals surface area (Å²) >= 11 is 6.15. The van der Waals surface area contributed by atoms with Crippen LogP contribution in [0.1, 0.15) is 32.4 Å². The van der Waals surface area contributed by atoms with Gasteiger partial charge in [0.1, 0.15) is 5.75 Å². The third-order valence-corrected chi connectivity index (χ3v) is 3.50. The molecule has 1 fully saturated rings. The van der Waals surface area contributed by atoms with Crippen LogP contribution in [0.4, 0.5) is 0 Å². The molecule has 0 radical (unpaired) electrons. The zero-order valence-electron chi connectivity index (χ0n) is 11.3. The summed E-state index contributed by atoms with van der Waals surface area (Å²) in [6, 6.07) is 6.05. The Balaban J connectivity index is 2.20. The molecule has 100 valence electrons. The van der Waals surface area contributed by atoms with Crippen molar-refractivity contribution in [1.82, 2.24) is 5.32 Å². The fourth-order valence-electron chi connectivity index (χ4n) is 2.42. The van der Waals surface area contributed by atoms with Crippen LogP contribution in [0.5, 0.6) is 5.75 Å². The van der Waals surface area contributed by atoms with E-state index >= 15 is 0 Å². The van der Waals surface area contributed by atoms with Crippen LogP contribution in [0.3, 0.4) is 0 Å². The van der Waals surface area contributed by atoms with Crippen molar-refractivity contribution in [1.29, 1.82) is 0 Å². The normalized spacial score (nSPS) is 26.9. The SMILES string of the molecule is COc1ccc(C2OCC(C)(C)NC2C)cc1Cl. The minimum atomic E-state index is 0.0200. The smallest absolute Gasteiger partial charge is 0.137 e. The maximum Gasteiger partial charge on any atom is 0.137 e. The highest BCUT2D eigenvalue weighted by Crippen LogP contribution is 2.33. The van der Waals surface area contributed by atoms with Gasteiger partial charge in [-0.25, -0.2) is 0 Å². The molecule has 1 aromatic carbocycles. The molecule has 1 heterocycles. The lowest BCUT2D eigenvalue weighted by Crippen LogP contribution is -2.55. The van der Waals surface area contributed by atoms with Gasteiger partial charge in [-0.3, -0.25) is 0 Å². The molecule has 2 atom stereocenters. The highest BCUT2D eigenvalue weighted by Gasteiger charge is 2.33. The minimum Gasteiger partial charge on any atom is -0.495 e. The van der Waals surface area contributed by atoms with E-state index in [0.29, 0.717) is 17.4 Å². The molecule has 2 rings (SSSR count). The Morgan fingerprint density at radius 3 is 2.72 bits per heavy atom. The molecule has 0 saturated carbocycles. The molecule has 1 aliphatic heterocycles. The molecule has 0 bridgehead atoms. The number of nitrogens with one attached hydrogen (secondary N) is 1. The van der Waals surface area contributed by atoms with E-state index < -0.39 is 0 Å². The predicted molar refractivity (Wildman–Crippen MR) is 73.4 cm³/mol. The first-order chi connectivity index (χ1) is 8.43. The summed E-state index contributed by atoms with van der Waals surface area (Å²) in [4.78, 5) is 0. The van der Waals surface area contributed by atoms with Gasteiger partial charge in [0.25, 0.3) is 0 Å². The van der Waals surface area contributed by atoms with Crippen molar-refractivity contribution in [2.45, 2.75) is 38.5 Å². The number of methoxy groups -OCH3 is 1. The standard InChI is InChI=1S/C14H20ClNO2/c1-9-13(18-8-14(2,3)16-9)10-5-6-12(17-4)11(15)7-10/h5-7,9,13,16H,8H2,1-4H3. The first kappa shape index (κ1) is 13.7. The lowest BCUT2D eigenvalue weighted by Gasteiger charge is -2.41. The number of hydrogen-bond acceptors (Lipinski definition) is 3. The molecule has 0 spiro atoms. The molecule has 3 nitrogen and oxygen atoms in total. The highest BCUT2D eigenvalue weighted by molar-refractivity contribution is 6.32. The molecule has 0 aromatic heterocycles. The maximum absolute atomic E-state index is 6.15. The van der Waals surface area contributed by atoms with Crippen molar-refractivity contribution >= 4 is 11.6 Å². The lowest BCUT2D eigenvalue weighted by molar-refractivity contribution is -0.0495. The summed E-state index contributed by atoms with van der Waals surface area (Å²) in [5, 5.41) is 4.17. The van der Waals surface area contributed by atoms with Crippen molar-refractivity contribution in [3.8, 4) is 5.75 Å². The van der Waals surface area contributed by atoms with E-state index in [1.807, 2.05) is 18.2 Å². The van der Waals surface area contributed by atoms with Gasteiger partial charge in [0.2, 0.25) is 0 Å². The van der Waals surface area contributed by atoms with E-state index in [-0.39, 0.29) is 17.7 Å². The summed E-state index contributed by atoms with van der Waals surface area (Å²) in [6.45, 7) is 7.09. The van der Waals surface area contributed by atoms with Crippen LogP contribution in [0, 0.1) is 0 Å². The number of benzene rings is 1. The Bertz CT molecular complexity index is 434. The van der Waals surface area contributed by atoms with E-state index in [0.717, 1.165) is 5.56 Å². The van der Waals surface area contributed by atoms with Crippen LogP contribution < -0.4 is 10.1 Å². The quantitative estimate of drug-likeness (QED) is 0.895. The number of hydrogen-bond donors (Lipinski definition) is 1. The van der Waals surface area contributed by atoms with Gasteiger partial charge in [-0.2, -0.15) is 0 Å². The van der Waals surface area contributed by atoms with Gasteiger partial charge in [-0.1, -0.05) is 17.7 Å². The van der Waals surface area contributed by atoms with E-state index in [2.05, 4.69) is 26.1 Å². The fraction of sp³-hybridized carbons (Fsp3) is 0.571. The van der Waals surface area contributed by atoms with Gasteiger partial charge in [0.05, 0.1) is 24.8 Å². The monoisotopic (exact) mass is 269 g/mol. The van der Waals surface area contributed by atoms with Gasteiger partial charge in [-0.15, -0.1) is 0 Å². The molecule has 4 heteroatoms. The average Bonchev–Trinajstić information content (AvgIpc) is 2.27. The number of morpholine rings is 1. The zero-order valence-corrected chi connectivity index (χ0v) is 12.0. The molecule has 2 unspecified atom stereocenters. The predicted octanol–water partition coefficient (Wildman–Crippen LogP) is 3.18. The van der Waals surface area contributed by atoms with Crippen LogP contribution in [-0.2, 0) is 4.74 Å². The Hall–Kier alpha value is -0.770. The van der Waals surface area contributed by atoms with Crippen molar-refractivity contribution in [2.75, 3.05) is 13.7 Å². The zero-order chi connectivity index (χ0) is 13.3. The van der Waals surface area contributed by atoms with Gasteiger partial charge < -0.3 is 14.8 Å². The molecule has 1 aliphatic rings. The van der Waals surface area contributed by atoms with Crippen molar-refractivity contribution in [3.63, 3.8) is 0 Å². The first-order valence-electron chi connectivity index (χ1n) is 6.16. The van der Waals surface area contributed by atoms with Crippen LogP contribution in [0.2, 0.25) is 5.02 Å². The number of rotatable bonds is 2. The van der Waals surface area contributed by atoms with E-state index in [4.69, 9.17) is 21.1 Å². The fourth-order valence-corrected chi connectivity index (χ4v) is 2.69. The van der Waals surface area contributed by atoms with Crippen LogP contribution >= 0.6 is 11.6 Å². The average molecular weight is 270 g/mol. The molecular weight excluding hydrogens is 250 g/mol. The summed E-state index contributed by atoms with van der Waals surface area (Å²) in [6.07, 6.45) is 0.0291. The largest absolute Gasteiger partial charge is 0.495 e. The third-order valence-electron chi connectivity index (χ3n) is 3.20. The molecule has 0 aliphatic carbocycles. The summed E-state index contributed by atoms with van der Waals surface area (Å²) in [5.74, 6) is 0.692. The van der Waals surface area contributed by atoms with Gasteiger partial charge in [0.15, 0.2) is 0 Å². The van der Waals surface area contributed by atoms with Gasteiger partial charge in [0, 0.05) is 11.6 Å². The molecule has 1 saturated heterocycles. The Morgan fingerprint density at radius 2 is 2.17 bits per heavy atom. The third kappa shape index (κ3) is 2.79. The second-order valence-corrected chi connectivity index (χ2v) is 5.85. The molecule has 1 N–H and O–H groups in total. The second-order valence-electron chi connectivity index (χ2n) is 5.44. The van der Waals surface area contributed by atoms with Crippen LogP contribution in [-0.4, -0.2) is 25.3 Å². The van der Waals surface area contributed by atoms with Crippen molar-refractivity contribution in [2.24, 2.45) is 0 Å². The molecule has 18 heavy (non-hydrogen) atoms. The van der Waals surface area contributed by atoms with E-state index in [1.54, 1.807) is 7.11 Å². The van der Waals surface area contributed by atoms with Crippen LogP contribution in [0.25, 0.3) is 0 Å². The molecular formula is C14H20ClNO2. The lowest BCUT2D eigenvalue weighted by atomic mass is 9.96. The number of halogens is 1. The molecule has 0 amide bonds. The van der Waals surface area contributed by atoms with Gasteiger partial charge in [-0.05, 0) is 38.5 Å². The number of ether oxygens (including phenoxy) is 2. The molecule has 1 aromatic rings. The van der Waals surface area contributed by atoms with Gasteiger partial charge >= 0.3 is 0 Å². The van der Waals surface area contributed by atoms with E-state index in [1.165, 1.54) is 0 Å². The van der Waals surface area contributed by atoms with Crippen molar-refractivity contribution < 1.29 is 9.47 Å². The Labute approximate surface area is 113 Å². The summed E-state index contributed by atoms with van der Waals surface area (Å²) in [7, 11) is 1.62. The maximum atomic E-state index is 6.15. The Kier molecular flexibility index (Phi) is 3.85. The van der Waals surface area contributed by atoms with Crippen LogP contribution in [0.15, 0.2) is 18.2 Å². The van der Waals surface area contributed by atoms with Crippen molar-refractivity contribution in [3.05, 3.63) is 28.8 Å². The minimum absolute atomic E-state index is 0.0200. The summed E-state index contributed by atoms with van der Waals surface area (Å²) in [5.41, 5.74) is 1.10. The first-order valence-corrected chi connectivity index (χ1v) is 6.53.